The van der Waals surface area contributed by atoms with Crippen LogP contribution in [-0.2, 0) is 4.79 Å². The SMILES string of the molecule is O=C1NC(=Nc2ccccc2)S/C1=C\c1cc(Br)c2c(c1)OCO2. The molecule has 1 saturated heterocycles. The van der Waals surface area contributed by atoms with Crippen molar-refractivity contribution in [1.82, 2.24) is 5.32 Å². The summed E-state index contributed by atoms with van der Waals surface area (Å²) in [6, 6.07) is 13.2. The summed E-state index contributed by atoms with van der Waals surface area (Å²) in [4.78, 5) is 17.2. The Kier molecular flexibility index (Phi) is 4.03. The predicted octanol–water partition coefficient (Wildman–Crippen LogP) is 4.07. The summed E-state index contributed by atoms with van der Waals surface area (Å²) < 4.78 is 11.6. The Morgan fingerprint density at radius 3 is 2.88 bits per heavy atom. The molecule has 5 nitrogen and oxygen atoms in total. The molecule has 0 saturated carbocycles. The van der Waals surface area contributed by atoms with Crippen LogP contribution in [0.15, 0.2) is 56.8 Å². The molecule has 0 atom stereocenters. The average Bonchev–Trinajstić information content (AvgIpc) is 3.16. The summed E-state index contributed by atoms with van der Waals surface area (Å²) in [5.41, 5.74) is 1.65. The van der Waals surface area contributed by atoms with Crippen LogP contribution in [0.5, 0.6) is 11.5 Å². The third-order valence-electron chi connectivity index (χ3n) is 3.39. The second-order valence-corrected chi connectivity index (χ2v) is 6.94. The number of amidine groups is 1. The fourth-order valence-corrected chi connectivity index (χ4v) is 3.74. The van der Waals surface area contributed by atoms with Gasteiger partial charge in [0.05, 0.1) is 15.1 Å². The van der Waals surface area contributed by atoms with Crippen molar-refractivity contribution in [3.63, 3.8) is 0 Å². The number of rotatable bonds is 2. The number of carbonyl (C=O) groups is 1. The molecule has 7 heteroatoms. The zero-order valence-corrected chi connectivity index (χ0v) is 14.7. The number of ether oxygens (including phenoxy) is 2. The minimum absolute atomic E-state index is 0.163. The highest BCUT2D eigenvalue weighted by Gasteiger charge is 2.24. The third-order valence-corrected chi connectivity index (χ3v) is 4.88. The minimum atomic E-state index is -0.163. The molecule has 2 aromatic carbocycles. The maximum absolute atomic E-state index is 12.1. The van der Waals surface area contributed by atoms with Gasteiger partial charge in [0.2, 0.25) is 6.79 Å². The molecular weight excluding hydrogens is 392 g/mol. The van der Waals surface area contributed by atoms with Gasteiger partial charge in [0.25, 0.3) is 5.91 Å². The molecule has 2 aliphatic rings. The molecule has 0 aliphatic carbocycles. The monoisotopic (exact) mass is 402 g/mol. The zero-order chi connectivity index (χ0) is 16.5. The second-order valence-electron chi connectivity index (χ2n) is 5.05. The van der Waals surface area contributed by atoms with Gasteiger partial charge in [0.15, 0.2) is 16.7 Å². The van der Waals surface area contributed by atoms with Crippen molar-refractivity contribution < 1.29 is 14.3 Å². The maximum atomic E-state index is 12.1. The van der Waals surface area contributed by atoms with E-state index in [2.05, 4.69) is 26.2 Å². The van der Waals surface area contributed by atoms with Crippen molar-refractivity contribution in [1.29, 1.82) is 0 Å². The number of aliphatic imine (C=N–C) groups is 1. The molecule has 1 fully saturated rings. The van der Waals surface area contributed by atoms with Crippen LogP contribution in [0.3, 0.4) is 0 Å². The quantitative estimate of drug-likeness (QED) is 0.769. The van der Waals surface area contributed by atoms with E-state index < -0.39 is 0 Å². The van der Waals surface area contributed by atoms with E-state index >= 15 is 0 Å². The molecule has 4 rings (SSSR count). The molecule has 2 aromatic rings. The first kappa shape index (κ1) is 15.3. The van der Waals surface area contributed by atoms with Gasteiger partial charge < -0.3 is 14.8 Å². The highest BCUT2D eigenvalue weighted by molar-refractivity contribution is 9.10. The molecule has 0 bridgehead atoms. The number of hydrogen-bond acceptors (Lipinski definition) is 5. The summed E-state index contributed by atoms with van der Waals surface area (Å²) in [6.45, 7) is 0.205. The second kappa shape index (κ2) is 6.33. The minimum Gasteiger partial charge on any atom is -0.454 e. The van der Waals surface area contributed by atoms with Gasteiger partial charge in [-0.05, 0) is 63.6 Å². The summed E-state index contributed by atoms with van der Waals surface area (Å²) in [7, 11) is 0. The van der Waals surface area contributed by atoms with E-state index in [1.54, 1.807) is 6.08 Å². The Labute approximate surface area is 150 Å². The van der Waals surface area contributed by atoms with Crippen LogP contribution in [0.4, 0.5) is 5.69 Å². The van der Waals surface area contributed by atoms with Crippen LogP contribution in [0.2, 0.25) is 0 Å². The lowest BCUT2D eigenvalue weighted by molar-refractivity contribution is -0.115. The first-order chi connectivity index (χ1) is 11.7. The van der Waals surface area contributed by atoms with Crippen molar-refractivity contribution >= 4 is 50.5 Å². The zero-order valence-electron chi connectivity index (χ0n) is 12.3. The topological polar surface area (TPSA) is 59.9 Å². The van der Waals surface area contributed by atoms with Crippen LogP contribution in [-0.4, -0.2) is 17.9 Å². The maximum Gasteiger partial charge on any atom is 0.264 e. The predicted molar refractivity (Wildman–Crippen MR) is 97.5 cm³/mol. The van der Waals surface area contributed by atoms with Crippen LogP contribution in [0.25, 0.3) is 6.08 Å². The highest BCUT2D eigenvalue weighted by atomic mass is 79.9. The van der Waals surface area contributed by atoms with Crippen LogP contribution < -0.4 is 14.8 Å². The molecule has 0 unspecified atom stereocenters. The fraction of sp³-hybridized carbons (Fsp3) is 0.0588. The van der Waals surface area contributed by atoms with Gasteiger partial charge in [-0.3, -0.25) is 4.79 Å². The van der Waals surface area contributed by atoms with Crippen molar-refractivity contribution in [2.75, 3.05) is 6.79 Å². The number of thioether (sulfide) groups is 1. The van der Waals surface area contributed by atoms with E-state index in [1.807, 2.05) is 42.5 Å². The van der Waals surface area contributed by atoms with Gasteiger partial charge in [-0.2, -0.15) is 0 Å². The number of halogens is 1. The van der Waals surface area contributed by atoms with E-state index in [4.69, 9.17) is 9.47 Å². The van der Waals surface area contributed by atoms with E-state index in [1.165, 1.54) is 11.8 Å². The lowest BCUT2D eigenvalue weighted by atomic mass is 10.2. The van der Waals surface area contributed by atoms with Crippen molar-refractivity contribution in [2.45, 2.75) is 0 Å². The number of nitrogens with zero attached hydrogens (tertiary/aromatic N) is 1. The van der Waals surface area contributed by atoms with E-state index in [9.17, 15) is 4.79 Å². The number of nitrogens with one attached hydrogen (secondary N) is 1. The Morgan fingerprint density at radius 2 is 2.04 bits per heavy atom. The molecule has 24 heavy (non-hydrogen) atoms. The smallest absolute Gasteiger partial charge is 0.264 e. The Balaban J connectivity index is 1.61. The van der Waals surface area contributed by atoms with Crippen molar-refractivity contribution in [2.24, 2.45) is 4.99 Å². The molecule has 2 aliphatic heterocycles. The Morgan fingerprint density at radius 1 is 1.21 bits per heavy atom. The lowest BCUT2D eigenvalue weighted by Gasteiger charge is -2.01. The molecule has 120 valence electrons. The molecule has 1 amide bonds. The average molecular weight is 403 g/mol. The Bertz CT molecular complexity index is 881. The Hall–Kier alpha value is -2.25. The van der Waals surface area contributed by atoms with Gasteiger partial charge in [0, 0.05) is 0 Å². The van der Waals surface area contributed by atoms with Gasteiger partial charge in [0.1, 0.15) is 0 Å². The first-order valence-corrected chi connectivity index (χ1v) is 8.74. The third kappa shape index (κ3) is 3.05. The van der Waals surface area contributed by atoms with Crippen LogP contribution >= 0.6 is 27.7 Å². The molecule has 0 aromatic heterocycles. The summed E-state index contributed by atoms with van der Waals surface area (Å²) in [5.74, 6) is 1.19. The number of fused-ring (bicyclic) bond motifs is 1. The summed E-state index contributed by atoms with van der Waals surface area (Å²) in [6.07, 6.45) is 1.81. The van der Waals surface area contributed by atoms with Crippen LogP contribution in [0.1, 0.15) is 5.56 Å². The van der Waals surface area contributed by atoms with Crippen molar-refractivity contribution in [3.8, 4) is 11.5 Å². The molecule has 2 heterocycles. The normalized spacial score (nSPS) is 19.1. The van der Waals surface area contributed by atoms with Gasteiger partial charge in [-0.1, -0.05) is 18.2 Å². The lowest BCUT2D eigenvalue weighted by Crippen LogP contribution is -2.19. The molecule has 0 spiro atoms. The van der Waals surface area contributed by atoms with Gasteiger partial charge in [-0.15, -0.1) is 0 Å². The highest BCUT2D eigenvalue weighted by Crippen LogP contribution is 2.41. The van der Waals surface area contributed by atoms with E-state index in [0.717, 1.165) is 15.7 Å². The molecule has 0 radical (unpaired) electrons. The summed E-state index contributed by atoms with van der Waals surface area (Å²) in [5, 5.41) is 3.34. The van der Waals surface area contributed by atoms with Gasteiger partial charge >= 0.3 is 0 Å². The molecular formula is C17H11BrN2O3S. The molecule has 1 N–H and O–H groups in total. The number of hydrogen-bond donors (Lipinski definition) is 1. The van der Waals surface area contributed by atoms with Crippen molar-refractivity contribution in [3.05, 3.63) is 57.4 Å². The first-order valence-electron chi connectivity index (χ1n) is 7.13. The van der Waals surface area contributed by atoms with Crippen LogP contribution in [0, 0.1) is 0 Å². The summed E-state index contributed by atoms with van der Waals surface area (Å²) >= 11 is 4.76. The number of carbonyl (C=O) groups excluding carboxylic acids is 1. The largest absolute Gasteiger partial charge is 0.454 e. The van der Waals surface area contributed by atoms with E-state index in [0.29, 0.717) is 21.6 Å². The standard InChI is InChI=1S/C17H11BrN2O3S/c18-12-6-10(7-13-15(12)23-9-22-13)8-14-16(21)20-17(24-14)19-11-4-2-1-3-5-11/h1-8H,9H2,(H,19,20,21)/b14-8-. The van der Waals surface area contributed by atoms with E-state index in [-0.39, 0.29) is 12.7 Å². The number of amides is 1. The number of benzene rings is 2. The van der Waals surface area contributed by atoms with Gasteiger partial charge in [-0.25, -0.2) is 4.99 Å². The number of para-hydroxylation sites is 1. The fourth-order valence-electron chi connectivity index (χ4n) is 2.32.